The summed E-state index contributed by atoms with van der Waals surface area (Å²) in [5, 5.41) is 19.9. The van der Waals surface area contributed by atoms with Gasteiger partial charge in [-0.25, -0.2) is 9.97 Å². The molecule has 0 aliphatic carbocycles. The first-order valence-electron chi connectivity index (χ1n) is 6.49. The number of piperidine rings is 1. The van der Waals surface area contributed by atoms with Crippen LogP contribution in [0, 0.1) is 0 Å². The highest BCUT2D eigenvalue weighted by Gasteiger charge is 2.37. The fourth-order valence-electron chi connectivity index (χ4n) is 2.30. The Morgan fingerprint density at radius 3 is 3.00 bits per heavy atom. The summed E-state index contributed by atoms with van der Waals surface area (Å²) >= 11 is 0. The van der Waals surface area contributed by atoms with Gasteiger partial charge in [0.25, 0.3) is 0 Å². The zero-order chi connectivity index (χ0) is 13.2. The number of aromatic nitrogens is 2. The molecule has 1 aliphatic heterocycles. The Morgan fingerprint density at radius 2 is 2.33 bits per heavy atom. The van der Waals surface area contributed by atoms with Crippen molar-refractivity contribution < 1.29 is 10.2 Å². The summed E-state index contributed by atoms with van der Waals surface area (Å²) in [6.07, 6.45) is 5.14. The van der Waals surface area contributed by atoms with E-state index in [-0.39, 0.29) is 0 Å². The number of anilines is 1. The summed E-state index contributed by atoms with van der Waals surface area (Å²) in [6.45, 7) is 4.92. The van der Waals surface area contributed by atoms with Gasteiger partial charge in [-0.05, 0) is 19.8 Å². The summed E-state index contributed by atoms with van der Waals surface area (Å²) in [5.41, 5.74) is 0.114. The highest BCUT2D eigenvalue weighted by atomic mass is 16.3. The number of hydrogen-bond acceptors (Lipinski definition) is 5. The van der Waals surface area contributed by atoms with Gasteiger partial charge < -0.3 is 15.1 Å². The molecule has 1 aromatic rings. The molecular weight excluding hydrogens is 230 g/mol. The van der Waals surface area contributed by atoms with Crippen LogP contribution in [0.2, 0.25) is 0 Å². The average molecular weight is 251 g/mol. The highest BCUT2D eigenvalue weighted by Crippen LogP contribution is 2.27. The van der Waals surface area contributed by atoms with Crippen molar-refractivity contribution in [1.82, 2.24) is 9.97 Å². The molecule has 0 radical (unpaired) electrons. The summed E-state index contributed by atoms with van der Waals surface area (Å²) in [5.74, 6) is 0.890. The van der Waals surface area contributed by atoms with Gasteiger partial charge in [-0.15, -0.1) is 0 Å². The first-order valence-corrected chi connectivity index (χ1v) is 6.49. The monoisotopic (exact) mass is 251 g/mol. The lowest BCUT2D eigenvalue weighted by molar-refractivity contribution is -0.0723. The van der Waals surface area contributed by atoms with Gasteiger partial charge >= 0.3 is 0 Å². The summed E-state index contributed by atoms with van der Waals surface area (Å²) in [6, 6.07) is 0. The van der Waals surface area contributed by atoms with Crippen molar-refractivity contribution in [3.05, 3.63) is 18.1 Å². The molecule has 2 heterocycles. The van der Waals surface area contributed by atoms with E-state index in [1.165, 1.54) is 6.33 Å². The van der Waals surface area contributed by atoms with Crippen molar-refractivity contribution in [2.24, 2.45) is 0 Å². The van der Waals surface area contributed by atoms with Crippen molar-refractivity contribution in [2.45, 2.75) is 44.8 Å². The molecule has 0 saturated carbocycles. The molecule has 0 spiro atoms. The maximum atomic E-state index is 9.97. The van der Waals surface area contributed by atoms with Gasteiger partial charge in [0.15, 0.2) is 0 Å². The van der Waals surface area contributed by atoms with Gasteiger partial charge in [-0.2, -0.15) is 0 Å². The van der Waals surface area contributed by atoms with Crippen LogP contribution >= 0.6 is 0 Å². The third kappa shape index (κ3) is 2.62. The Bertz CT molecular complexity index is 409. The van der Waals surface area contributed by atoms with Crippen LogP contribution in [-0.2, 0) is 6.42 Å². The molecule has 0 aromatic carbocycles. The van der Waals surface area contributed by atoms with Crippen LogP contribution in [0.1, 0.15) is 32.3 Å². The summed E-state index contributed by atoms with van der Waals surface area (Å²) in [7, 11) is 0. The van der Waals surface area contributed by atoms with E-state index in [2.05, 4.69) is 16.9 Å². The van der Waals surface area contributed by atoms with Crippen LogP contribution in [0.15, 0.2) is 12.5 Å². The van der Waals surface area contributed by atoms with Crippen molar-refractivity contribution in [1.29, 1.82) is 0 Å². The predicted molar refractivity (Wildman–Crippen MR) is 69.5 cm³/mol. The molecule has 0 unspecified atom stereocenters. The molecule has 1 saturated heterocycles. The van der Waals surface area contributed by atoms with Gasteiger partial charge in [0.1, 0.15) is 12.1 Å². The zero-order valence-electron chi connectivity index (χ0n) is 11.0. The third-order valence-electron chi connectivity index (χ3n) is 3.58. The Morgan fingerprint density at radius 1 is 1.56 bits per heavy atom. The number of aryl methyl sites for hydroxylation is 1. The Labute approximate surface area is 107 Å². The topological polar surface area (TPSA) is 69.5 Å². The van der Waals surface area contributed by atoms with E-state index in [1.54, 1.807) is 6.92 Å². The normalized spacial score (nSPS) is 28.4. The van der Waals surface area contributed by atoms with E-state index in [1.807, 2.05) is 11.1 Å². The zero-order valence-corrected chi connectivity index (χ0v) is 11.0. The number of aliphatic hydroxyl groups excluding tert-OH is 1. The Kier molecular flexibility index (Phi) is 3.82. The van der Waals surface area contributed by atoms with Crippen LogP contribution in [0.5, 0.6) is 0 Å². The molecule has 2 rings (SSSR count). The summed E-state index contributed by atoms with van der Waals surface area (Å²) < 4.78 is 0. The Balaban J connectivity index is 2.18. The molecule has 5 nitrogen and oxygen atoms in total. The maximum Gasteiger partial charge on any atom is 0.135 e. The van der Waals surface area contributed by atoms with Crippen LogP contribution < -0.4 is 4.90 Å². The molecule has 100 valence electrons. The second-order valence-electron chi connectivity index (χ2n) is 5.19. The minimum Gasteiger partial charge on any atom is -0.388 e. The lowest BCUT2D eigenvalue weighted by Crippen LogP contribution is -2.54. The van der Waals surface area contributed by atoms with Gasteiger partial charge in [0.2, 0.25) is 0 Å². The first-order chi connectivity index (χ1) is 8.54. The SMILES string of the molecule is CCCc1cncnc1N1CC[C@](C)(O)[C@@H](O)C1. The van der Waals surface area contributed by atoms with Crippen LogP contribution in [0.4, 0.5) is 5.82 Å². The second kappa shape index (κ2) is 5.20. The van der Waals surface area contributed by atoms with E-state index in [4.69, 9.17) is 0 Å². The highest BCUT2D eigenvalue weighted by molar-refractivity contribution is 5.46. The Hall–Kier alpha value is -1.20. The van der Waals surface area contributed by atoms with Crippen molar-refractivity contribution in [2.75, 3.05) is 18.0 Å². The standard InChI is InChI=1S/C13H21N3O2/c1-3-4-10-7-14-9-15-12(10)16-6-5-13(2,18)11(17)8-16/h7,9,11,17-18H,3-6,8H2,1-2H3/t11-,13-/m0/s1. The van der Waals surface area contributed by atoms with Crippen molar-refractivity contribution in [3.8, 4) is 0 Å². The van der Waals surface area contributed by atoms with Crippen LogP contribution in [0.25, 0.3) is 0 Å². The molecule has 2 N–H and O–H groups in total. The summed E-state index contributed by atoms with van der Waals surface area (Å²) in [4.78, 5) is 10.4. The van der Waals surface area contributed by atoms with E-state index in [0.717, 1.165) is 24.2 Å². The van der Waals surface area contributed by atoms with Crippen LogP contribution in [-0.4, -0.2) is 45.0 Å². The van der Waals surface area contributed by atoms with Gasteiger partial charge in [0.05, 0.1) is 11.7 Å². The van der Waals surface area contributed by atoms with E-state index < -0.39 is 11.7 Å². The quantitative estimate of drug-likeness (QED) is 0.829. The average Bonchev–Trinajstić information content (AvgIpc) is 2.34. The molecule has 18 heavy (non-hydrogen) atoms. The predicted octanol–water partition coefficient (Wildman–Crippen LogP) is 0.751. The molecule has 5 heteroatoms. The smallest absolute Gasteiger partial charge is 0.135 e. The van der Waals surface area contributed by atoms with Gasteiger partial charge in [-0.3, -0.25) is 0 Å². The molecule has 1 aliphatic rings. The van der Waals surface area contributed by atoms with Gasteiger partial charge in [-0.1, -0.05) is 13.3 Å². The molecular formula is C13H21N3O2. The lowest BCUT2D eigenvalue weighted by atomic mass is 9.90. The number of rotatable bonds is 3. The van der Waals surface area contributed by atoms with Crippen molar-refractivity contribution >= 4 is 5.82 Å². The minimum atomic E-state index is -0.992. The minimum absolute atomic E-state index is 0.417. The number of nitrogens with zero attached hydrogens (tertiary/aromatic N) is 3. The second-order valence-corrected chi connectivity index (χ2v) is 5.19. The van der Waals surface area contributed by atoms with Gasteiger partial charge in [0, 0.05) is 24.8 Å². The fourth-order valence-corrected chi connectivity index (χ4v) is 2.30. The maximum absolute atomic E-state index is 9.97. The largest absolute Gasteiger partial charge is 0.388 e. The molecule has 1 aromatic heterocycles. The number of hydrogen-bond donors (Lipinski definition) is 2. The van der Waals surface area contributed by atoms with Crippen molar-refractivity contribution in [3.63, 3.8) is 0 Å². The lowest BCUT2D eigenvalue weighted by Gasteiger charge is -2.40. The van der Waals surface area contributed by atoms with E-state index >= 15 is 0 Å². The van der Waals surface area contributed by atoms with E-state index in [0.29, 0.717) is 19.5 Å². The van der Waals surface area contributed by atoms with E-state index in [9.17, 15) is 10.2 Å². The molecule has 0 amide bonds. The molecule has 0 bridgehead atoms. The number of β-amino-alcohol motifs (C(OH)–C–C–N with tert-alkyl or cyclic N) is 1. The fraction of sp³-hybridized carbons (Fsp3) is 0.692. The van der Waals surface area contributed by atoms with Crippen LogP contribution in [0.3, 0.4) is 0 Å². The number of aliphatic hydroxyl groups is 2. The third-order valence-corrected chi connectivity index (χ3v) is 3.58. The first kappa shape index (κ1) is 13.2. The molecule has 1 fully saturated rings. The molecule has 2 atom stereocenters.